The summed E-state index contributed by atoms with van der Waals surface area (Å²) in [4.78, 5) is 4.51. The summed E-state index contributed by atoms with van der Waals surface area (Å²) in [5, 5.41) is 0. The minimum absolute atomic E-state index is 0.774. The summed E-state index contributed by atoms with van der Waals surface area (Å²) in [6, 6.07) is 12.4. The zero-order chi connectivity index (χ0) is 11.8. The maximum absolute atomic E-state index is 5.36. The van der Waals surface area contributed by atoms with Crippen LogP contribution in [0.15, 0.2) is 40.2 Å². The van der Waals surface area contributed by atoms with Crippen LogP contribution in [0.4, 0.5) is 0 Å². The number of H-pyrrole nitrogens is 1. The number of nitrogens with zero attached hydrogens (tertiary/aromatic N) is 1. The van der Waals surface area contributed by atoms with Crippen LogP contribution in [0.25, 0.3) is 11.0 Å². The van der Waals surface area contributed by atoms with Gasteiger partial charge in [-0.1, -0.05) is 12.1 Å². The Morgan fingerprint density at radius 2 is 2.06 bits per heavy atom. The average molecular weight is 325 g/mol. The first-order valence-electron chi connectivity index (χ1n) is 5.16. The van der Waals surface area contributed by atoms with Crippen molar-refractivity contribution in [3.8, 4) is 0 Å². The minimum Gasteiger partial charge on any atom is -0.331 e. The first kappa shape index (κ1) is 11.2. The van der Waals surface area contributed by atoms with Crippen LogP contribution >= 0.6 is 39.5 Å². The van der Waals surface area contributed by atoms with Gasteiger partial charge in [0.05, 0.1) is 21.4 Å². The fourth-order valence-corrected chi connectivity index (χ4v) is 3.60. The first-order chi connectivity index (χ1) is 8.24. The van der Waals surface area contributed by atoms with Gasteiger partial charge in [-0.3, -0.25) is 0 Å². The molecule has 0 aliphatic carbocycles. The number of aromatic amines is 1. The minimum atomic E-state index is 0.774. The van der Waals surface area contributed by atoms with Gasteiger partial charge in [-0.2, -0.15) is 0 Å². The van der Waals surface area contributed by atoms with Crippen molar-refractivity contribution in [1.29, 1.82) is 0 Å². The van der Waals surface area contributed by atoms with Crippen molar-refractivity contribution in [3.05, 3.63) is 49.8 Å². The quantitative estimate of drug-likeness (QED) is 0.685. The molecular formula is C12H9BrN2S2. The molecule has 0 fully saturated rings. The zero-order valence-electron chi connectivity index (χ0n) is 8.81. The molecule has 0 atom stereocenters. The summed E-state index contributed by atoms with van der Waals surface area (Å²) in [5.74, 6) is 0. The molecule has 1 N–H and O–H groups in total. The number of rotatable bonds is 2. The van der Waals surface area contributed by atoms with E-state index in [0.29, 0.717) is 0 Å². The second kappa shape index (κ2) is 4.40. The molecule has 86 valence electrons. The number of halogens is 1. The van der Waals surface area contributed by atoms with Gasteiger partial charge >= 0.3 is 0 Å². The van der Waals surface area contributed by atoms with Gasteiger partial charge in [0.25, 0.3) is 0 Å². The predicted molar refractivity (Wildman–Crippen MR) is 78.2 cm³/mol. The van der Waals surface area contributed by atoms with Crippen LogP contribution in [0.2, 0.25) is 0 Å². The topological polar surface area (TPSA) is 20.7 Å². The van der Waals surface area contributed by atoms with Crippen molar-refractivity contribution >= 4 is 50.5 Å². The van der Waals surface area contributed by atoms with Gasteiger partial charge in [-0.05, 0) is 52.4 Å². The van der Waals surface area contributed by atoms with E-state index in [1.807, 2.05) is 18.2 Å². The lowest BCUT2D eigenvalue weighted by Gasteiger charge is -2.01. The van der Waals surface area contributed by atoms with Crippen LogP contribution in [-0.2, 0) is 6.54 Å². The SMILES string of the molecule is S=c1[nH]c2ccccc2n1Cc1ccc(Br)s1. The molecule has 0 saturated carbocycles. The standard InChI is InChI=1S/C12H9BrN2S2/c13-11-6-5-8(17-11)7-15-10-4-2-1-3-9(10)14-12(15)16/h1-6H,7H2,(H,14,16). The number of fused-ring (bicyclic) bond motifs is 1. The number of hydrogen-bond acceptors (Lipinski definition) is 2. The van der Waals surface area contributed by atoms with E-state index in [9.17, 15) is 0 Å². The van der Waals surface area contributed by atoms with E-state index >= 15 is 0 Å². The fourth-order valence-electron chi connectivity index (χ4n) is 1.86. The van der Waals surface area contributed by atoms with Crippen LogP contribution in [0.3, 0.4) is 0 Å². The Hall–Kier alpha value is -0.910. The van der Waals surface area contributed by atoms with Crippen molar-refractivity contribution in [3.63, 3.8) is 0 Å². The molecule has 0 radical (unpaired) electrons. The lowest BCUT2D eigenvalue weighted by atomic mass is 10.3. The van der Waals surface area contributed by atoms with Crippen molar-refractivity contribution < 1.29 is 0 Å². The highest BCUT2D eigenvalue weighted by Gasteiger charge is 2.05. The molecule has 0 aliphatic heterocycles. The molecule has 0 bridgehead atoms. The molecule has 5 heteroatoms. The van der Waals surface area contributed by atoms with Gasteiger partial charge in [0.2, 0.25) is 0 Å². The smallest absolute Gasteiger partial charge is 0.178 e. The molecular weight excluding hydrogens is 316 g/mol. The van der Waals surface area contributed by atoms with Crippen LogP contribution in [-0.4, -0.2) is 9.55 Å². The van der Waals surface area contributed by atoms with Crippen molar-refractivity contribution in [2.24, 2.45) is 0 Å². The van der Waals surface area contributed by atoms with Crippen molar-refractivity contribution in [2.45, 2.75) is 6.54 Å². The molecule has 1 aromatic carbocycles. The maximum Gasteiger partial charge on any atom is 0.178 e. The van der Waals surface area contributed by atoms with E-state index in [2.05, 4.69) is 43.7 Å². The van der Waals surface area contributed by atoms with Crippen molar-refractivity contribution in [1.82, 2.24) is 9.55 Å². The normalized spacial score (nSPS) is 11.1. The molecule has 0 spiro atoms. The molecule has 17 heavy (non-hydrogen) atoms. The fraction of sp³-hybridized carbons (Fsp3) is 0.0833. The Morgan fingerprint density at radius 1 is 1.24 bits per heavy atom. The molecule has 2 nitrogen and oxygen atoms in total. The van der Waals surface area contributed by atoms with Gasteiger partial charge in [0, 0.05) is 4.88 Å². The van der Waals surface area contributed by atoms with Crippen LogP contribution in [0.1, 0.15) is 4.88 Å². The molecule has 3 aromatic rings. The largest absolute Gasteiger partial charge is 0.331 e. The number of hydrogen-bond donors (Lipinski definition) is 1. The third-order valence-corrected chi connectivity index (χ3v) is 4.56. The Kier molecular flexibility index (Phi) is 2.90. The number of aromatic nitrogens is 2. The van der Waals surface area contributed by atoms with E-state index < -0.39 is 0 Å². The van der Waals surface area contributed by atoms with E-state index in [1.54, 1.807) is 11.3 Å². The molecule has 0 unspecified atom stereocenters. The summed E-state index contributed by atoms with van der Waals surface area (Å²) in [7, 11) is 0. The second-order valence-corrected chi connectivity index (χ2v) is 6.67. The summed E-state index contributed by atoms with van der Waals surface area (Å²) < 4.78 is 4.05. The highest BCUT2D eigenvalue weighted by atomic mass is 79.9. The summed E-state index contributed by atoms with van der Waals surface area (Å²) in [5.41, 5.74) is 2.25. The summed E-state index contributed by atoms with van der Waals surface area (Å²) >= 11 is 10.6. The second-order valence-electron chi connectivity index (χ2n) is 3.74. The summed E-state index contributed by atoms with van der Waals surface area (Å²) in [6.45, 7) is 0.819. The van der Waals surface area contributed by atoms with Crippen molar-refractivity contribution in [2.75, 3.05) is 0 Å². The van der Waals surface area contributed by atoms with Gasteiger partial charge < -0.3 is 9.55 Å². The molecule has 2 aromatic heterocycles. The van der Waals surface area contributed by atoms with E-state index in [0.717, 1.165) is 26.1 Å². The third kappa shape index (κ3) is 2.10. The van der Waals surface area contributed by atoms with Gasteiger partial charge in [0.1, 0.15) is 0 Å². The number of para-hydroxylation sites is 2. The molecule has 0 amide bonds. The van der Waals surface area contributed by atoms with Gasteiger partial charge in [-0.25, -0.2) is 0 Å². The Bertz CT molecular complexity index is 723. The van der Waals surface area contributed by atoms with E-state index in [1.165, 1.54) is 4.88 Å². The molecule has 3 rings (SSSR count). The molecule has 0 saturated heterocycles. The summed E-state index contributed by atoms with van der Waals surface area (Å²) in [6.07, 6.45) is 0. The Labute approximate surface area is 116 Å². The zero-order valence-corrected chi connectivity index (χ0v) is 12.0. The van der Waals surface area contributed by atoms with E-state index in [4.69, 9.17) is 12.2 Å². The van der Waals surface area contributed by atoms with Crippen LogP contribution in [0.5, 0.6) is 0 Å². The highest BCUT2D eigenvalue weighted by Crippen LogP contribution is 2.24. The van der Waals surface area contributed by atoms with Crippen LogP contribution in [0, 0.1) is 4.77 Å². The number of benzene rings is 1. The monoisotopic (exact) mass is 324 g/mol. The lowest BCUT2D eigenvalue weighted by Crippen LogP contribution is -1.97. The molecule has 2 heterocycles. The maximum atomic E-state index is 5.36. The Balaban J connectivity index is 2.11. The lowest BCUT2D eigenvalue weighted by molar-refractivity contribution is 0.823. The van der Waals surface area contributed by atoms with E-state index in [-0.39, 0.29) is 0 Å². The van der Waals surface area contributed by atoms with Gasteiger partial charge in [-0.15, -0.1) is 11.3 Å². The molecule has 0 aliphatic rings. The Morgan fingerprint density at radius 3 is 2.82 bits per heavy atom. The highest BCUT2D eigenvalue weighted by molar-refractivity contribution is 9.11. The number of imidazole rings is 1. The third-order valence-electron chi connectivity index (χ3n) is 2.62. The number of thiophene rings is 1. The van der Waals surface area contributed by atoms with Gasteiger partial charge in [0.15, 0.2) is 4.77 Å². The average Bonchev–Trinajstić information content (AvgIpc) is 2.85. The first-order valence-corrected chi connectivity index (χ1v) is 7.17. The van der Waals surface area contributed by atoms with Crippen LogP contribution < -0.4 is 0 Å². The number of nitrogens with one attached hydrogen (secondary N) is 1. The predicted octanol–water partition coefficient (Wildman–Crippen LogP) is 4.57.